The van der Waals surface area contributed by atoms with Gasteiger partial charge in [-0.2, -0.15) is 13.2 Å². The molecule has 42 heavy (non-hydrogen) atoms. The molecule has 0 aliphatic carbocycles. The first-order chi connectivity index (χ1) is 19.7. The lowest BCUT2D eigenvalue weighted by atomic mass is 9.96. The Morgan fingerprint density at radius 2 is 1.79 bits per heavy atom. The number of alkyl halides is 3. The normalized spacial score (nSPS) is 17.4. The van der Waals surface area contributed by atoms with Crippen molar-refractivity contribution in [1.29, 1.82) is 0 Å². The molecule has 15 heteroatoms. The summed E-state index contributed by atoms with van der Waals surface area (Å²) in [6.07, 6.45) is -0.275. The van der Waals surface area contributed by atoms with Crippen LogP contribution in [0.25, 0.3) is 0 Å². The summed E-state index contributed by atoms with van der Waals surface area (Å²) in [5.41, 5.74) is -5.92. The van der Waals surface area contributed by atoms with Gasteiger partial charge in [0.2, 0.25) is 15.9 Å². The zero-order chi connectivity index (χ0) is 31.1. The molecule has 9 nitrogen and oxygen atoms in total. The van der Waals surface area contributed by atoms with E-state index in [0.29, 0.717) is 38.1 Å². The van der Waals surface area contributed by atoms with Crippen molar-refractivity contribution in [2.24, 2.45) is 11.1 Å². The Morgan fingerprint density at radius 3 is 2.38 bits per heavy atom. The second-order valence-electron chi connectivity index (χ2n) is 9.96. The van der Waals surface area contributed by atoms with Crippen molar-refractivity contribution >= 4 is 37.5 Å². The topological polar surface area (TPSA) is 127 Å². The van der Waals surface area contributed by atoms with Crippen molar-refractivity contribution in [2.45, 2.75) is 52.9 Å². The van der Waals surface area contributed by atoms with E-state index in [4.69, 9.17) is 9.88 Å². The molecule has 1 fully saturated rings. The molecule has 1 saturated heterocycles. The Balaban J connectivity index is 1.96. The van der Waals surface area contributed by atoms with Gasteiger partial charge in [0.15, 0.2) is 0 Å². The fourth-order valence-corrected chi connectivity index (χ4v) is 7.42. The Labute approximate surface area is 249 Å². The molecule has 1 amide bonds. The highest BCUT2D eigenvalue weighted by atomic mass is 32.2. The lowest BCUT2D eigenvalue weighted by Gasteiger charge is -2.39. The number of carbonyl (C=O) groups is 1. The zero-order valence-electron chi connectivity index (χ0n) is 23.4. The van der Waals surface area contributed by atoms with E-state index in [1.807, 2.05) is 44.2 Å². The first-order valence-electron chi connectivity index (χ1n) is 13.4. The molecule has 0 saturated carbocycles. The number of amides is 1. The van der Waals surface area contributed by atoms with E-state index >= 15 is 0 Å². The average Bonchev–Trinajstić information content (AvgIpc) is 2.94. The van der Waals surface area contributed by atoms with E-state index in [9.17, 15) is 34.8 Å². The number of primary sulfonamides is 1. The smallest absolute Gasteiger partial charge is 0.377 e. The second kappa shape index (κ2) is 14.5. The minimum absolute atomic E-state index is 0.0585. The molecule has 3 rings (SSSR count). The number of nitrogens with zero attached hydrogens (tertiary/aromatic N) is 2. The van der Waals surface area contributed by atoms with Crippen molar-refractivity contribution < 1.29 is 39.5 Å². The number of sulfone groups is 1. The molecule has 0 radical (unpaired) electrons. The third kappa shape index (κ3) is 8.92. The van der Waals surface area contributed by atoms with Gasteiger partial charge < -0.3 is 14.5 Å². The molecule has 0 bridgehead atoms. The van der Waals surface area contributed by atoms with Gasteiger partial charge in [-0.05, 0) is 55.3 Å². The summed E-state index contributed by atoms with van der Waals surface area (Å²) < 4.78 is 95.3. The van der Waals surface area contributed by atoms with Gasteiger partial charge in [-0.3, -0.25) is 4.79 Å². The van der Waals surface area contributed by atoms with E-state index in [1.54, 1.807) is 4.90 Å². The summed E-state index contributed by atoms with van der Waals surface area (Å²) in [5, 5.41) is 5.09. The Kier molecular flexibility index (Phi) is 11.9. The number of ether oxygens (including phenoxy) is 1. The summed E-state index contributed by atoms with van der Waals surface area (Å²) in [4.78, 5) is 16.5. The van der Waals surface area contributed by atoms with Crippen LogP contribution >= 0.6 is 11.8 Å². The van der Waals surface area contributed by atoms with Gasteiger partial charge in [0.05, 0.1) is 29.0 Å². The molecule has 234 valence electrons. The number of likely N-dealkylation sites (N-methyl/N-ethyl adjacent to an activating group) is 1. The summed E-state index contributed by atoms with van der Waals surface area (Å²) in [5.74, 6) is -0.499. The molecule has 2 aromatic rings. The number of morpholine rings is 1. The highest BCUT2D eigenvalue weighted by Gasteiger charge is 2.48. The third-order valence-electron chi connectivity index (χ3n) is 7.07. The van der Waals surface area contributed by atoms with Crippen LogP contribution in [0.5, 0.6) is 0 Å². The first kappa shape index (κ1) is 34.3. The van der Waals surface area contributed by atoms with Crippen LogP contribution in [-0.4, -0.2) is 89.2 Å². The summed E-state index contributed by atoms with van der Waals surface area (Å²) >= 11 is 1.39. The fourth-order valence-electron chi connectivity index (χ4n) is 4.77. The van der Waals surface area contributed by atoms with Crippen LogP contribution in [-0.2, 0) is 35.8 Å². The quantitative estimate of drug-likeness (QED) is 0.326. The molecule has 1 aliphatic rings. The van der Waals surface area contributed by atoms with Gasteiger partial charge in [0.1, 0.15) is 0 Å². The van der Waals surface area contributed by atoms with Gasteiger partial charge >= 0.3 is 5.51 Å². The number of sulfonamides is 1. The van der Waals surface area contributed by atoms with Gasteiger partial charge in [-0.15, -0.1) is 11.8 Å². The van der Waals surface area contributed by atoms with Crippen LogP contribution in [0, 0.1) is 5.92 Å². The molecule has 2 aromatic carbocycles. The van der Waals surface area contributed by atoms with Crippen molar-refractivity contribution in [3.8, 4) is 0 Å². The van der Waals surface area contributed by atoms with Crippen molar-refractivity contribution in [2.75, 3.05) is 45.1 Å². The Bertz CT molecular complexity index is 1420. The molecule has 1 heterocycles. The van der Waals surface area contributed by atoms with Gasteiger partial charge in [0.25, 0.3) is 9.84 Å². The van der Waals surface area contributed by atoms with E-state index in [2.05, 4.69) is 4.90 Å². The number of benzene rings is 2. The van der Waals surface area contributed by atoms with Gasteiger partial charge in [-0.25, -0.2) is 22.0 Å². The monoisotopic (exact) mass is 651 g/mol. The van der Waals surface area contributed by atoms with E-state index in [-0.39, 0.29) is 30.4 Å². The second-order valence-corrected chi connectivity index (χ2v) is 14.5. The Hall–Kier alpha value is -2.17. The molecular weight excluding hydrogens is 616 g/mol. The molecule has 2 N–H and O–H groups in total. The average molecular weight is 652 g/mol. The predicted octanol–water partition coefficient (Wildman–Crippen LogP) is 3.54. The number of rotatable bonds is 13. The number of carbonyl (C=O) groups excluding carboxylic acids is 1. The maximum Gasteiger partial charge on any atom is 0.501 e. The van der Waals surface area contributed by atoms with Gasteiger partial charge in [0, 0.05) is 30.2 Å². The number of hydrogen-bond donors (Lipinski definition) is 1. The SMILES string of the molecule is CCN(CC)C[C@H]1COCCN1C(=O)C[C@H](CSc1ccccc1)Cc1ccc(S(N)(=O)=O)cc1S(=O)(=O)C(F)(F)F. The lowest BCUT2D eigenvalue weighted by molar-refractivity contribution is -0.141. The molecular formula is C27H36F3N3O6S3. The van der Waals surface area contributed by atoms with Gasteiger partial charge in [-0.1, -0.05) is 38.1 Å². The minimum Gasteiger partial charge on any atom is -0.377 e. The number of halogens is 3. The molecule has 2 atom stereocenters. The largest absolute Gasteiger partial charge is 0.501 e. The summed E-state index contributed by atoms with van der Waals surface area (Å²) in [6.45, 7) is 7.29. The maximum absolute atomic E-state index is 13.7. The molecule has 0 unspecified atom stereocenters. The standard InChI is InChI=1S/C27H36F3N3O6S3/c1-3-32(4-2)17-22-18-39-13-12-33(22)26(34)15-20(19-40-23-8-6-5-7-9-23)14-21-10-11-24(42(31,37)38)16-25(21)41(35,36)27(28,29)30/h5-11,16,20,22H,3-4,12-15,17-19H2,1-2H3,(H2,31,37,38)/t20-,22+/m1/s1. The van der Waals surface area contributed by atoms with Crippen LogP contribution in [0.3, 0.4) is 0 Å². The van der Waals surface area contributed by atoms with Crippen LogP contribution < -0.4 is 5.14 Å². The van der Waals surface area contributed by atoms with Crippen LogP contribution in [0.2, 0.25) is 0 Å². The number of hydrogen-bond acceptors (Lipinski definition) is 8. The molecule has 0 spiro atoms. The van der Waals surface area contributed by atoms with E-state index in [1.165, 1.54) is 11.8 Å². The third-order valence-corrected chi connectivity index (χ3v) is 10.8. The highest BCUT2D eigenvalue weighted by molar-refractivity contribution is 7.99. The zero-order valence-corrected chi connectivity index (χ0v) is 25.9. The number of thioether (sulfide) groups is 1. The Morgan fingerprint density at radius 1 is 1.12 bits per heavy atom. The fraction of sp³-hybridized carbons (Fsp3) is 0.519. The van der Waals surface area contributed by atoms with Crippen molar-refractivity contribution in [3.63, 3.8) is 0 Å². The first-order valence-corrected chi connectivity index (χ1v) is 17.4. The maximum atomic E-state index is 13.7. The number of nitrogens with two attached hydrogens (primary N) is 1. The summed E-state index contributed by atoms with van der Waals surface area (Å²) in [6, 6.07) is 11.4. The lowest BCUT2D eigenvalue weighted by Crippen LogP contribution is -2.54. The van der Waals surface area contributed by atoms with Crippen molar-refractivity contribution in [3.05, 3.63) is 54.1 Å². The molecule has 1 aliphatic heterocycles. The van der Waals surface area contributed by atoms with E-state index in [0.717, 1.165) is 30.1 Å². The van der Waals surface area contributed by atoms with Crippen molar-refractivity contribution in [1.82, 2.24) is 9.80 Å². The van der Waals surface area contributed by atoms with Crippen LogP contribution in [0.15, 0.2) is 63.2 Å². The molecule has 0 aromatic heterocycles. The van der Waals surface area contributed by atoms with E-state index < -0.39 is 41.1 Å². The minimum atomic E-state index is -5.92. The highest BCUT2D eigenvalue weighted by Crippen LogP contribution is 2.35. The summed E-state index contributed by atoms with van der Waals surface area (Å²) in [7, 11) is -10.4. The predicted molar refractivity (Wildman–Crippen MR) is 154 cm³/mol. The van der Waals surface area contributed by atoms with Crippen LogP contribution in [0.1, 0.15) is 25.8 Å². The van der Waals surface area contributed by atoms with Crippen LogP contribution in [0.4, 0.5) is 13.2 Å².